The third-order valence-electron chi connectivity index (χ3n) is 4.12. The molecule has 0 aliphatic heterocycles. The first kappa shape index (κ1) is 26.3. The van der Waals surface area contributed by atoms with E-state index >= 15 is 0 Å². The molecule has 2 rings (SSSR count). The maximum Gasteiger partial charge on any atom is 0.417 e. The van der Waals surface area contributed by atoms with E-state index in [1.54, 1.807) is 17.8 Å². The lowest BCUT2D eigenvalue weighted by Crippen LogP contribution is -2.41. The highest BCUT2D eigenvalue weighted by atomic mass is 35.5. The third-order valence-corrected chi connectivity index (χ3v) is 7.51. The number of anilines is 1. The number of thioether (sulfide) groups is 1. The molecule has 1 N–H and O–H groups in total. The number of hydrogen-bond acceptors (Lipinski definition) is 4. The summed E-state index contributed by atoms with van der Waals surface area (Å²) in [6.07, 6.45) is -4.79. The molecule has 11 heteroatoms. The SMILES string of the molecule is CC(C)(C)SCCNC(=O)CN(c1ccc(Cl)c(C(F)(F)F)c1)S(=O)(=O)c1ccccc1. The number of nitrogens with one attached hydrogen (secondary N) is 1. The summed E-state index contributed by atoms with van der Waals surface area (Å²) in [5.41, 5.74) is -1.50. The summed E-state index contributed by atoms with van der Waals surface area (Å²) in [5.74, 6) is -0.0395. The van der Waals surface area contributed by atoms with Crippen LogP contribution < -0.4 is 9.62 Å². The highest BCUT2D eigenvalue weighted by Crippen LogP contribution is 2.38. The van der Waals surface area contributed by atoms with Crippen molar-refractivity contribution in [2.75, 3.05) is 23.1 Å². The third kappa shape index (κ3) is 7.31. The number of benzene rings is 2. The van der Waals surface area contributed by atoms with Gasteiger partial charge in [0, 0.05) is 17.0 Å². The van der Waals surface area contributed by atoms with E-state index in [1.165, 1.54) is 24.3 Å². The van der Waals surface area contributed by atoms with Crippen molar-refractivity contribution in [1.82, 2.24) is 5.32 Å². The lowest BCUT2D eigenvalue weighted by Gasteiger charge is -2.25. The van der Waals surface area contributed by atoms with Gasteiger partial charge in [-0.05, 0) is 30.3 Å². The van der Waals surface area contributed by atoms with E-state index in [0.717, 1.165) is 12.1 Å². The molecule has 0 spiro atoms. The largest absolute Gasteiger partial charge is 0.417 e. The monoisotopic (exact) mass is 508 g/mol. The molecule has 0 bridgehead atoms. The molecule has 5 nitrogen and oxygen atoms in total. The van der Waals surface area contributed by atoms with Gasteiger partial charge in [0.15, 0.2) is 0 Å². The molecule has 0 unspecified atom stereocenters. The van der Waals surface area contributed by atoms with E-state index in [-0.39, 0.29) is 21.9 Å². The highest BCUT2D eigenvalue weighted by Gasteiger charge is 2.35. The summed E-state index contributed by atoms with van der Waals surface area (Å²) < 4.78 is 67.1. The number of hydrogen-bond donors (Lipinski definition) is 1. The van der Waals surface area contributed by atoms with Gasteiger partial charge in [0.05, 0.1) is 21.2 Å². The number of amides is 1. The summed E-state index contributed by atoms with van der Waals surface area (Å²) >= 11 is 7.29. The number of halogens is 4. The number of sulfonamides is 1. The molecule has 0 atom stereocenters. The molecule has 0 aromatic heterocycles. The Morgan fingerprint density at radius 1 is 1.09 bits per heavy atom. The first-order valence-corrected chi connectivity index (χ1v) is 12.4. The second-order valence-electron chi connectivity index (χ2n) is 7.80. The zero-order valence-electron chi connectivity index (χ0n) is 17.7. The fraction of sp³-hybridized carbons (Fsp3) is 0.381. The maximum absolute atomic E-state index is 13.3. The minimum Gasteiger partial charge on any atom is -0.354 e. The van der Waals surface area contributed by atoms with Crippen molar-refractivity contribution in [3.8, 4) is 0 Å². The van der Waals surface area contributed by atoms with Crippen molar-refractivity contribution in [3.63, 3.8) is 0 Å². The normalized spacial score (nSPS) is 12.5. The Labute approximate surface area is 195 Å². The summed E-state index contributed by atoms with van der Waals surface area (Å²) in [4.78, 5) is 12.4. The maximum atomic E-state index is 13.3. The number of carbonyl (C=O) groups is 1. The van der Waals surface area contributed by atoms with Gasteiger partial charge in [0.2, 0.25) is 5.91 Å². The summed E-state index contributed by atoms with van der Waals surface area (Å²) in [6.45, 7) is 5.66. The Balaban J connectivity index is 2.36. The van der Waals surface area contributed by atoms with Crippen LogP contribution in [0.1, 0.15) is 26.3 Å². The van der Waals surface area contributed by atoms with Crippen molar-refractivity contribution < 1.29 is 26.4 Å². The fourth-order valence-corrected chi connectivity index (χ4v) is 5.13. The second-order valence-corrected chi connectivity index (χ2v) is 12.0. The van der Waals surface area contributed by atoms with Gasteiger partial charge in [-0.1, -0.05) is 50.6 Å². The van der Waals surface area contributed by atoms with Gasteiger partial charge >= 0.3 is 6.18 Å². The predicted molar refractivity (Wildman–Crippen MR) is 123 cm³/mol. The minimum atomic E-state index is -4.79. The number of carbonyl (C=O) groups excluding carboxylic acids is 1. The van der Waals surface area contributed by atoms with Crippen molar-refractivity contribution in [2.45, 2.75) is 36.6 Å². The quantitative estimate of drug-likeness (QED) is 0.498. The van der Waals surface area contributed by atoms with E-state index in [4.69, 9.17) is 11.6 Å². The van der Waals surface area contributed by atoms with Crippen molar-refractivity contribution >= 4 is 45.0 Å². The molecule has 0 aliphatic carbocycles. The van der Waals surface area contributed by atoms with E-state index < -0.39 is 39.2 Å². The van der Waals surface area contributed by atoms with Gasteiger partial charge in [0.1, 0.15) is 6.54 Å². The Morgan fingerprint density at radius 3 is 2.28 bits per heavy atom. The zero-order valence-corrected chi connectivity index (χ0v) is 20.1. The van der Waals surface area contributed by atoms with Gasteiger partial charge in [-0.25, -0.2) is 8.42 Å². The smallest absolute Gasteiger partial charge is 0.354 e. The van der Waals surface area contributed by atoms with Crippen LogP contribution in [0.2, 0.25) is 5.02 Å². The molecule has 0 radical (unpaired) electrons. The van der Waals surface area contributed by atoms with Crippen LogP contribution in [0.15, 0.2) is 53.4 Å². The van der Waals surface area contributed by atoms with E-state index in [1.807, 2.05) is 20.8 Å². The van der Waals surface area contributed by atoms with Crippen LogP contribution in [0.25, 0.3) is 0 Å². The number of nitrogens with zero attached hydrogens (tertiary/aromatic N) is 1. The van der Waals surface area contributed by atoms with Crippen molar-refractivity contribution in [3.05, 3.63) is 59.1 Å². The highest BCUT2D eigenvalue weighted by molar-refractivity contribution is 8.00. The van der Waals surface area contributed by atoms with Gasteiger partial charge in [-0.3, -0.25) is 9.10 Å². The van der Waals surface area contributed by atoms with Crippen LogP contribution in [0.3, 0.4) is 0 Å². The molecule has 0 aliphatic rings. The molecule has 0 fully saturated rings. The minimum absolute atomic E-state index is 0.00921. The predicted octanol–water partition coefficient (Wildman–Crippen LogP) is 5.20. The van der Waals surface area contributed by atoms with Gasteiger partial charge in [-0.2, -0.15) is 24.9 Å². The van der Waals surface area contributed by atoms with Crippen LogP contribution in [0, 0.1) is 0 Å². The molecular formula is C21H24ClF3N2O3S2. The Morgan fingerprint density at radius 2 is 1.72 bits per heavy atom. The first-order valence-electron chi connectivity index (χ1n) is 9.57. The summed E-state index contributed by atoms with van der Waals surface area (Å²) in [5, 5.41) is 2.05. The average Bonchev–Trinajstić information content (AvgIpc) is 2.69. The van der Waals surface area contributed by atoms with E-state index in [2.05, 4.69) is 5.32 Å². The van der Waals surface area contributed by atoms with Crippen LogP contribution in [-0.4, -0.2) is 37.9 Å². The van der Waals surface area contributed by atoms with Crippen LogP contribution in [0.4, 0.5) is 18.9 Å². The molecular weight excluding hydrogens is 485 g/mol. The zero-order chi connectivity index (χ0) is 24.2. The van der Waals surface area contributed by atoms with Crippen LogP contribution in [0.5, 0.6) is 0 Å². The number of rotatable bonds is 8. The molecule has 2 aromatic rings. The molecule has 0 heterocycles. The van der Waals surface area contributed by atoms with Gasteiger partial charge < -0.3 is 5.32 Å². The van der Waals surface area contributed by atoms with Crippen LogP contribution in [-0.2, 0) is 21.0 Å². The average molecular weight is 509 g/mol. The van der Waals surface area contributed by atoms with Gasteiger partial charge in [-0.15, -0.1) is 0 Å². The Kier molecular flexibility index (Phi) is 8.52. The van der Waals surface area contributed by atoms with Crippen molar-refractivity contribution in [2.24, 2.45) is 0 Å². The lowest BCUT2D eigenvalue weighted by molar-refractivity contribution is -0.137. The Hall–Kier alpha value is -1.91. The summed E-state index contributed by atoms with van der Waals surface area (Å²) in [6, 6.07) is 9.92. The standard InChI is InChI=1S/C21H24ClF3N2O3S2/c1-20(2,3)31-12-11-26-19(28)14-27(32(29,30)16-7-5-4-6-8-16)15-9-10-18(22)17(13-15)21(23,24)25/h4-10,13H,11-12,14H2,1-3H3,(H,26,28). The second kappa shape index (κ2) is 10.4. The van der Waals surface area contributed by atoms with Gasteiger partial charge in [0.25, 0.3) is 10.0 Å². The molecule has 0 saturated carbocycles. The molecule has 2 aromatic carbocycles. The fourth-order valence-electron chi connectivity index (χ4n) is 2.65. The van der Waals surface area contributed by atoms with E-state index in [9.17, 15) is 26.4 Å². The lowest BCUT2D eigenvalue weighted by atomic mass is 10.2. The topological polar surface area (TPSA) is 66.5 Å². The molecule has 1 amide bonds. The first-order chi connectivity index (χ1) is 14.7. The molecule has 176 valence electrons. The molecule has 0 saturated heterocycles. The molecule has 32 heavy (non-hydrogen) atoms. The Bertz CT molecular complexity index is 1040. The van der Waals surface area contributed by atoms with E-state index in [0.29, 0.717) is 16.1 Å². The summed E-state index contributed by atoms with van der Waals surface area (Å²) in [7, 11) is -4.32. The number of alkyl halides is 3. The van der Waals surface area contributed by atoms with Crippen molar-refractivity contribution in [1.29, 1.82) is 0 Å². The van der Waals surface area contributed by atoms with Crippen LogP contribution >= 0.6 is 23.4 Å².